The lowest BCUT2D eigenvalue weighted by atomic mass is 10.0. The molecule has 0 spiro atoms. The Balaban J connectivity index is 2.04. The molecule has 1 unspecified atom stereocenters. The minimum atomic E-state index is 0.117. The van der Waals surface area contributed by atoms with Gasteiger partial charge in [0.2, 0.25) is 0 Å². The lowest BCUT2D eigenvalue weighted by molar-refractivity contribution is 0.0198. The van der Waals surface area contributed by atoms with Crippen molar-refractivity contribution in [2.45, 2.75) is 19.6 Å². The number of benzene rings is 1. The molecule has 0 aromatic heterocycles. The Morgan fingerprint density at radius 3 is 2.44 bits per heavy atom. The molecule has 1 heterocycles. The van der Waals surface area contributed by atoms with Crippen molar-refractivity contribution >= 4 is 0 Å². The molecule has 1 aromatic rings. The highest BCUT2D eigenvalue weighted by molar-refractivity contribution is 5.24. The summed E-state index contributed by atoms with van der Waals surface area (Å²) in [5.41, 5.74) is 2.28. The molecule has 0 bridgehead atoms. The summed E-state index contributed by atoms with van der Waals surface area (Å²) >= 11 is 0. The first kappa shape index (κ1) is 11.6. The van der Waals surface area contributed by atoms with Crippen LogP contribution in [0.1, 0.15) is 24.1 Å². The van der Waals surface area contributed by atoms with Crippen LogP contribution in [0.15, 0.2) is 24.3 Å². The maximum atomic E-state index is 8.99. The van der Waals surface area contributed by atoms with E-state index in [2.05, 4.69) is 24.0 Å². The SMILES string of the molecule is CC(c1ccc(CO)cc1)N1CCOCC1. The van der Waals surface area contributed by atoms with Crippen LogP contribution in [0.4, 0.5) is 0 Å². The Morgan fingerprint density at radius 1 is 1.25 bits per heavy atom. The van der Waals surface area contributed by atoms with Crippen molar-refractivity contribution in [1.29, 1.82) is 0 Å². The van der Waals surface area contributed by atoms with E-state index in [0.29, 0.717) is 6.04 Å². The summed E-state index contributed by atoms with van der Waals surface area (Å²) in [6, 6.07) is 8.62. The van der Waals surface area contributed by atoms with E-state index in [1.807, 2.05) is 12.1 Å². The van der Waals surface area contributed by atoms with Gasteiger partial charge >= 0.3 is 0 Å². The summed E-state index contributed by atoms with van der Waals surface area (Å²) in [4.78, 5) is 2.43. The molecule has 2 rings (SSSR count). The number of rotatable bonds is 3. The normalized spacial score (nSPS) is 19.6. The maximum absolute atomic E-state index is 8.99. The van der Waals surface area contributed by atoms with Crippen molar-refractivity contribution in [2.75, 3.05) is 26.3 Å². The van der Waals surface area contributed by atoms with Gasteiger partial charge in [-0.25, -0.2) is 0 Å². The molecule has 3 heteroatoms. The highest BCUT2D eigenvalue weighted by atomic mass is 16.5. The predicted octanol–water partition coefficient (Wildman–Crippen LogP) is 1.57. The minimum absolute atomic E-state index is 0.117. The Labute approximate surface area is 96.6 Å². The zero-order valence-corrected chi connectivity index (χ0v) is 9.72. The first-order chi connectivity index (χ1) is 7.81. The quantitative estimate of drug-likeness (QED) is 0.841. The summed E-state index contributed by atoms with van der Waals surface area (Å²) in [6.45, 7) is 6.01. The van der Waals surface area contributed by atoms with E-state index in [-0.39, 0.29) is 6.61 Å². The summed E-state index contributed by atoms with van der Waals surface area (Å²) in [5, 5.41) is 8.99. The average molecular weight is 221 g/mol. The molecule has 1 aliphatic heterocycles. The fourth-order valence-corrected chi connectivity index (χ4v) is 2.08. The van der Waals surface area contributed by atoms with Gasteiger partial charge in [0, 0.05) is 19.1 Å². The van der Waals surface area contributed by atoms with E-state index < -0.39 is 0 Å². The van der Waals surface area contributed by atoms with Crippen LogP contribution in [0.2, 0.25) is 0 Å². The number of morpholine rings is 1. The van der Waals surface area contributed by atoms with E-state index in [1.54, 1.807) is 0 Å². The van der Waals surface area contributed by atoms with Gasteiger partial charge in [-0.2, -0.15) is 0 Å². The number of hydrogen-bond donors (Lipinski definition) is 1. The summed E-state index contributed by atoms with van der Waals surface area (Å²) in [5.74, 6) is 0. The smallest absolute Gasteiger partial charge is 0.0681 e. The van der Waals surface area contributed by atoms with Crippen molar-refractivity contribution in [2.24, 2.45) is 0 Å². The van der Waals surface area contributed by atoms with Crippen molar-refractivity contribution in [3.05, 3.63) is 35.4 Å². The fraction of sp³-hybridized carbons (Fsp3) is 0.538. The van der Waals surface area contributed by atoms with Crippen LogP contribution in [-0.4, -0.2) is 36.3 Å². The van der Waals surface area contributed by atoms with Crippen LogP contribution in [0.5, 0.6) is 0 Å². The lowest BCUT2D eigenvalue weighted by Gasteiger charge is -2.32. The lowest BCUT2D eigenvalue weighted by Crippen LogP contribution is -2.37. The van der Waals surface area contributed by atoms with Gasteiger partial charge in [-0.15, -0.1) is 0 Å². The summed E-state index contributed by atoms with van der Waals surface area (Å²) < 4.78 is 5.35. The Hall–Kier alpha value is -0.900. The molecule has 1 fully saturated rings. The van der Waals surface area contributed by atoms with Gasteiger partial charge in [0.05, 0.1) is 19.8 Å². The molecule has 88 valence electrons. The highest BCUT2D eigenvalue weighted by Crippen LogP contribution is 2.21. The molecular weight excluding hydrogens is 202 g/mol. The molecule has 0 radical (unpaired) electrons. The molecular formula is C13H19NO2. The zero-order valence-electron chi connectivity index (χ0n) is 9.72. The second-order valence-corrected chi connectivity index (χ2v) is 4.22. The third-order valence-corrected chi connectivity index (χ3v) is 3.24. The van der Waals surface area contributed by atoms with Crippen LogP contribution >= 0.6 is 0 Å². The van der Waals surface area contributed by atoms with Gasteiger partial charge < -0.3 is 9.84 Å². The van der Waals surface area contributed by atoms with Gasteiger partial charge in [0.25, 0.3) is 0 Å². The molecule has 1 aliphatic rings. The molecule has 1 saturated heterocycles. The Kier molecular flexibility index (Phi) is 3.93. The van der Waals surface area contributed by atoms with Crippen molar-refractivity contribution < 1.29 is 9.84 Å². The monoisotopic (exact) mass is 221 g/mol. The number of aliphatic hydroxyl groups excluding tert-OH is 1. The maximum Gasteiger partial charge on any atom is 0.0681 e. The molecule has 1 atom stereocenters. The van der Waals surface area contributed by atoms with Gasteiger partial charge in [0.1, 0.15) is 0 Å². The zero-order chi connectivity index (χ0) is 11.4. The van der Waals surface area contributed by atoms with Crippen molar-refractivity contribution in [3.63, 3.8) is 0 Å². The van der Waals surface area contributed by atoms with E-state index in [0.717, 1.165) is 31.9 Å². The molecule has 1 aromatic carbocycles. The number of ether oxygens (including phenoxy) is 1. The molecule has 16 heavy (non-hydrogen) atoms. The predicted molar refractivity (Wildman–Crippen MR) is 63.2 cm³/mol. The summed E-state index contributed by atoms with van der Waals surface area (Å²) in [6.07, 6.45) is 0. The standard InChI is InChI=1S/C13H19NO2/c1-11(14-6-8-16-9-7-14)13-4-2-12(10-15)3-5-13/h2-5,11,15H,6-10H2,1H3. The number of hydrogen-bond acceptors (Lipinski definition) is 3. The van der Waals surface area contributed by atoms with E-state index in [1.165, 1.54) is 5.56 Å². The molecule has 0 saturated carbocycles. The van der Waals surface area contributed by atoms with E-state index >= 15 is 0 Å². The first-order valence-corrected chi connectivity index (χ1v) is 5.83. The minimum Gasteiger partial charge on any atom is -0.392 e. The number of aliphatic hydroxyl groups is 1. The third-order valence-electron chi connectivity index (χ3n) is 3.24. The molecule has 0 amide bonds. The van der Waals surface area contributed by atoms with E-state index in [4.69, 9.17) is 9.84 Å². The van der Waals surface area contributed by atoms with Crippen LogP contribution in [0, 0.1) is 0 Å². The van der Waals surface area contributed by atoms with Crippen molar-refractivity contribution in [1.82, 2.24) is 4.90 Å². The van der Waals surface area contributed by atoms with Crippen LogP contribution in [-0.2, 0) is 11.3 Å². The van der Waals surface area contributed by atoms with Crippen molar-refractivity contribution in [3.8, 4) is 0 Å². The third kappa shape index (κ3) is 2.61. The first-order valence-electron chi connectivity index (χ1n) is 5.83. The second-order valence-electron chi connectivity index (χ2n) is 4.22. The molecule has 0 aliphatic carbocycles. The second kappa shape index (κ2) is 5.43. The average Bonchev–Trinajstić information content (AvgIpc) is 2.39. The topological polar surface area (TPSA) is 32.7 Å². The van der Waals surface area contributed by atoms with Crippen LogP contribution in [0.3, 0.4) is 0 Å². The Morgan fingerprint density at radius 2 is 1.88 bits per heavy atom. The Bertz CT molecular complexity index is 317. The van der Waals surface area contributed by atoms with Gasteiger partial charge in [-0.05, 0) is 18.1 Å². The van der Waals surface area contributed by atoms with Gasteiger partial charge in [-0.3, -0.25) is 4.90 Å². The molecule has 1 N–H and O–H groups in total. The fourth-order valence-electron chi connectivity index (χ4n) is 2.08. The number of nitrogens with zero attached hydrogens (tertiary/aromatic N) is 1. The highest BCUT2D eigenvalue weighted by Gasteiger charge is 2.17. The largest absolute Gasteiger partial charge is 0.392 e. The molecule has 3 nitrogen and oxygen atoms in total. The van der Waals surface area contributed by atoms with Gasteiger partial charge in [-0.1, -0.05) is 24.3 Å². The summed E-state index contributed by atoms with van der Waals surface area (Å²) in [7, 11) is 0. The van der Waals surface area contributed by atoms with Crippen LogP contribution < -0.4 is 0 Å². The van der Waals surface area contributed by atoms with Gasteiger partial charge in [0.15, 0.2) is 0 Å². The van der Waals surface area contributed by atoms with Crippen LogP contribution in [0.25, 0.3) is 0 Å². The van der Waals surface area contributed by atoms with E-state index in [9.17, 15) is 0 Å².